The van der Waals surface area contributed by atoms with Gasteiger partial charge in [-0.15, -0.1) is 0 Å². The van der Waals surface area contributed by atoms with Gasteiger partial charge in [-0.25, -0.2) is 4.79 Å². The molecule has 18 heavy (non-hydrogen) atoms. The molecule has 102 valence electrons. The molecule has 0 saturated carbocycles. The van der Waals surface area contributed by atoms with Gasteiger partial charge in [0.05, 0.1) is 12.7 Å². The van der Waals surface area contributed by atoms with Crippen LogP contribution in [0.1, 0.15) is 31.1 Å². The number of nitrogen functional groups attached to an aromatic ring is 1. The monoisotopic (exact) mass is 273 g/mol. The first-order valence-corrected chi connectivity index (χ1v) is 6.38. The Kier molecular flexibility index (Phi) is 4.53. The van der Waals surface area contributed by atoms with Gasteiger partial charge in [-0.3, -0.25) is 0 Å². The topological polar surface area (TPSA) is 88.7 Å². The predicted molar refractivity (Wildman–Crippen MR) is 72.1 cm³/mol. The van der Waals surface area contributed by atoms with Gasteiger partial charge in [0.2, 0.25) is 0 Å². The minimum atomic E-state index is -0.873. The summed E-state index contributed by atoms with van der Waals surface area (Å²) >= 11 is 1.13. The number of hydrogen-bond acceptors (Lipinski definition) is 7. The molecule has 1 aromatic rings. The SMILES string of the molecule is CCN(CC(C)(C)O)c1snc(N)c1C(=O)OC. The summed E-state index contributed by atoms with van der Waals surface area (Å²) in [6, 6.07) is 0. The molecule has 0 aliphatic carbocycles. The lowest BCUT2D eigenvalue weighted by Gasteiger charge is -2.28. The molecule has 1 rings (SSSR count). The zero-order chi connectivity index (χ0) is 13.9. The van der Waals surface area contributed by atoms with Crippen LogP contribution in [-0.4, -0.2) is 41.2 Å². The summed E-state index contributed by atoms with van der Waals surface area (Å²) in [6.07, 6.45) is 0. The summed E-state index contributed by atoms with van der Waals surface area (Å²) in [6.45, 7) is 6.36. The quantitative estimate of drug-likeness (QED) is 0.781. The highest BCUT2D eigenvalue weighted by Gasteiger charge is 2.26. The minimum absolute atomic E-state index is 0.163. The largest absolute Gasteiger partial charge is 0.465 e. The number of aromatic nitrogens is 1. The Morgan fingerprint density at radius 1 is 1.61 bits per heavy atom. The predicted octanol–water partition coefficient (Wildman–Crippen LogP) is 1.11. The van der Waals surface area contributed by atoms with Crippen LogP contribution in [0.4, 0.5) is 10.8 Å². The van der Waals surface area contributed by atoms with Crippen molar-refractivity contribution in [2.24, 2.45) is 0 Å². The van der Waals surface area contributed by atoms with Crippen LogP contribution >= 0.6 is 11.5 Å². The van der Waals surface area contributed by atoms with Gasteiger partial charge in [0, 0.05) is 13.1 Å². The maximum atomic E-state index is 11.7. The van der Waals surface area contributed by atoms with Gasteiger partial charge in [-0.05, 0) is 32.3 Å². The van der Waals surface area contributed by atoms with Crippen LogP contribution in [0.25, 0.3) is 0 Å². The first-order chi connectivity index (χ1) is 8.30. The van der Waals surface area contributed by atoms with E-state index in [1.54, 1.807) is 13.8 Å². The summed E-state index contributed by atoms with van der Waals surface area (Å²) in [5.41, 5.74) is 5.08. The van der Waals surface area contributed by atoms with E-state index in [1.165, 1.54) is 7.11 Å². The van der Waals surface area contributed by atoms with E-state index in [-0.39, 0.29) is 11.4 Å². The van der Waals surface area contributed by atoms with Gasteiger partial charge in [0.25, 0.3) is 0 Å². The Hall–Kier alpha value is -1.34. The van der Waals surface area contributed by atoms with Gasteiger partial charge in [0.1, 0.15) is 10.6 Å². The molecule has 1 aromatic heterocycles. The molecule has 0 spiro atoms. The van der Waals surface area contributed by atoms with Crippen LogP contribution in [0.15, 0.2) is 0 Å². The van der Waals surface area contributed by atoms with E-state index in [9.17, 15) is 9.90 Å². The first kappa shape index (κ1) is 14.7. The molecule has 0 saturated heterocycles. The van der Waals surface area contributed by atoms with Gasteiger partial charge < -0.3 is 20.5 Å². The molecule has 0 fully saturated rings. The molecular formula is C11H19N3O3S. The number of carbonyl (C=O) groups is 1. The highest BCUT2D eigenvalue weighted by molar-refractivity contribution is 7.11. The number of hydrogen-bond donors (Lipinski definition) is 2. The lowest BCUT2D eigenvalue weighted by molar-refractivity contribution is 0.0601. The van der Waals surface area contributed by atoms with Crippen molar-refractivity contribution in [2.45, 2.75) is 26.4 Å². The summed E-state index contributed by atoms with van der Waals surface area (Å²) < 4.78 is 8.68. The van der Waals surface area contributed by atoms with Crippen LogP contribution in [0.5, 0.6) is 0 Å². The second-order valence-corrected chi connectivity index (χ2v) is 5.32. The molecule has 0 radical (unpaired) electrons. The van der Waals surface area contributed by atoms with Crippen LogP contribution in [0.2, 0.25) is 0 Å². The van der Waals surface area contributed by atoms with E-state index < -0.39 is 11.6 Å². The lowest BCUT2D eigenvalue weighted by atomic mass is 10.1. The maximum Gasteiger partial charge on any atom is 0.344 e. The van der Waals surface area contributed by atoms with E-state index in [2.05, 4.69) is 4.37 Å². The van der Waals surface area contributed by atoms with E-state index in [1.807, 2.05) is 11.8 Å². The smallest absolute Gasteiger partial charge is 0.344 e. The Bertz CT molecular complexity index is 426. The van der Waals surface area contributed by atoms with Gasteiger partial charge in [-0.1, -0.05) is 0 Å². The standard InChI is InChI=1S/C11H19N3O3S/c1-5-14(6-11(2,3)16)9-7(10(15)17-4)8(12)13-18-9/h16H,5-6H2,1-4H3,(H2,12,13). The molecular weight excluding hydrogens is 254 g/mol. The van der Waals surface area contributed by atoms with Gasteiger partial charge in [-0.2, -0.15) is 4.37 Å². The number of ether oxygens (including phenoxy) is 1. The van der Waals surface area contributed by atoms with Crippen molar-refractivity contribution in [3.05, 3.63) is 5.56 Å². The van der Waals surface area contributed by atoms with Crippen LogP contribution in [0.3, 0.4) is 0 Å². The van der Waals surface area contributed by atoms with E-state index in [0.29, 0.717) is 18.1 Å². The number of likely N-dealkylation sites (N-methyl/N-ethyl adjacent to an activating group) is 1. The Labute approximate surface area is 111 Å². The number of methoxy groups -OCH3 is 1. The number of aliphatic hydroxyl groups is 1. The molecule has 7 heteroatoms. The third-order valence-corrected chi connectivity index (χ3v) is 3.26. The molecule has 0 aliphatic rings. The van der Waals surface area contributed by atoms with Crippen LogP contribution in [0, 0.1) is 0 Å². The van der Waals surface area contributed by atoms with Crippen molar-refractivity contribution in [3.8, 4) is 0 Å². The van der Waals surface area contributed by atoms with Crippen molar-refractivity contribution in [1.82, 2.24) is 4.37 Å². The Morgan fingerprint density at radius 3 is 2.67 bits per heavy atom. The van der Waals surface area contributed by atoms with Gasteiger partial charge in [0.15, 0.2) is 5.82 Å². The zero-order valence-electron chi connectivity index (χ0n) is 11.1. The number of nitrogens with two attached hydrogens (primary N) is 1. The highest BCUT2D eigenvalue weighted by atomic mass is 32.1. The second-order valence-electron chi connectivity index (χ2n) is 4.57. The Balaban J connectivity index is 3.10. The van der Waals surface area contributed by atoms with E-state index in [0.717, 1.165) is 11.5 Å². The highest BCUT2D eigenvalue weighted by Crippen LogP contribution is 2.31. The lowest BCUT2D eigenvalue weighted by Crippen LogP contribution is -2.38. The second kappa shape index (κ2) is 5.53. The van der Waals surface area contributed by atoms with Gasteiger partial charge >= 0.3 is 5.97 Å². The van der Waals surface area contributed by atoms with E-state index in [4.69, 9.17) is 10.5 Å². The molecule has 0 aromatic carbocycles. The average Bonchev–Trinajstić information content (AvgIpc) is 2.65. The molecule has 6 nitrogen and oxygen atoms in total. The molecule has 0 aliphatic heterocycles. The number of anilines is 2. The molecule has 3 N–H and O–H groups in total. The average molecular weight is 273 g/mol. The number of esters is 1. The molecule has 1 heterocycles. The number of nitrogens with zero attached hydrogens (tertiary/aromatic N) is 2. The molecule has 0 amide bonds. The fourth-order valence-corrected chi connectivity index (χ4v) is 2.46. The van der Waals surface area contributed by atoms with Crippen molar-refractivity contribution < 1.29 is 14.6 Å². The van der Waals surface area contributed by atoms with Crippen molar-refractivity contribution in [2.75, 3.05) is 30.8 Å². The molecule has 0 bridgehead atoms. The van der Waals surface area contributed by atoms with Crippen molar-refractivity contribution in [1.29, 1.82) is 0 Å². The third-order valence-electron chi connectivity index (χ3n) is 2.34. The number of carbonyl (C=O) groups excluding carboxylic acids is 1. The molecule has 0 unspecified atom stereocenters. The summed E-state index contributed by atoms with van der Waals surface area (Å²) in [4.78, 5) is 13.5. The molecule has 0 atom stereocenters. The summed E-state index contributed by atoms with van der Waals surface area (Å²) in [5, 5.41) is 10.5. The Morgan fingerprint density at radius 2 is 2.22 bits per heavy atom. The number of rotatable bonds is 5. The van der Waals surface area contributed by atoms with Crippen LogP contribution in [-0.2, 0) is 4.74 Å². The fourth-order valence-electron chi connectivity index (χ4n) is 1.60. The maximum absolute atomic E-state index is 11.7. The first-order valence-electron chi connectivity index (χ1n) is 5.61. The van der Waals surface area contributed by atoms with E-state index >= 15 is 0 Å². The summed E-state index contributed by atoms with van der Waals surface area (Å²) in [5.74, 6) is -0.346. The fraction of sp³-hybridized carbons (Fsp3) is 0.636. The minimum Gasteiger partial charge on any atom is -0.465 e. The normalized spacial score (nSPS) is 11.4. The van der Waals surface area contributed by atoms with Crippen LogP contribution < -0.4 is 10.6 Å². The van der Waals surface area contributed by atoms with Crippen molar-refractivity contribution in [3.63, 3.8) is 0 Å². The summed E-state index contributed by atoms with van der Waals surface area (Å²) in [7, 11) is 1.30. The van der Waals surface area contributed by atoms with Crippen molar-refractivity contribution >= 4 is 28.3 Å². The zero-order valence-corrected chi connectivity index (χ0v) is 11.9. The third kappa shape index (κ3) is 3.33.